The van der Waals surface area contributed by atoms with Crippen molar-refractivity contribution < 1.29 is 9.53 Å². The van der Waals surface area contributed by atoms with Gasteiger partial charge >= 0.3 is 0 Å². The SMILES string of the molecule is CCOC1(C(=O)Cc2ccncc2)CCCCCC1. The number of aromatic nitrogens is 1. The van der Waals surface area contributed by atoms with E-state index >= 15 is 0 Å². The second-order valence-corrected chi connectivity index (χ2v) is 5.30. The average Bonchev–Trinajstić information content (AvgIpc) is 2.67. The van der Waals surface area contributed by atoms with Crippen LogP contribution < -0.4 is 0 Å². The summed E-state index contributed by atoms with van der Waals surface area (Å²) in [5.41, 5.74) is 0.498. The third-order valence-electron chi connectivity index (χ3n) is 3.95. The van der Waals surface area contributed by atoms with Gasteiger partial charge in [0.15, 0.2) is 5.78 Å². The van der Waals surface area contributed by atoms with E-state index in [-0.39, 0.29) is 5.78 Å². The van der Waals surface area contributed by atoms with E-state index in [1.807, 2.05) is 19.1 Å². The van der Waals surface area contributed by atoms with Crippen LogP contribution in [-0.4, -0.2) is 23.0 Å². The summed E-state index contributed by atoms with van der Waals surface area (Å²) in [6.07, 6.45) is 10.3. The third-order valence-corrected chi connectivity index (χ3v) is 3.95. The van der Waals surface area contributed by atoms with Crippen molar-refractivity contribution in [1.29, 1.82) is 0 Å². The Morgan fingerprint density at radius 1 is 1.21 bits per heavy atom. The predicted octanol–water partition coefficient (Wildman–Crippen LogP) is 3.32. The number of hydrogen-bond donors (Lipinski definition) is 0. The Balaban J connectivity index is 2.11. The maximum absolute atomic E-state index is 12.7. The molecule has 3 nitrogen and oxygen atoms in total. The van der Waals surface area contributed by atoms with E-state index in [1.54, 1.807) is 12.4 Å². The van der Waals surface area contributed by atoms with E-state index in [1.165, 1.54) is 12.8 Å². The van der Waals surface area contributed by atoms with Gasteiger partial charge in [-0.15, -0.1) is 0 Å². The van der Waals surface area contributed by atoms with Crippen molar-refractivity contribution in [2.75, 3.05) is 6.61 Å². The number of ketones is 1. The molecule has 3 heteroatoms. The molecule has 0 radical (unpaired) electrons. The van der Waals surface area contributed by atoms with Crippen LogP contribution in [0.4, 0.5) is 0 Å². The van der Waals surface area contributed by atoms with E-state index in [4.69, 9.17) is 4.74 Å². The average molecular weight is 261 g/mol. The number of ether oxygens (including phenoxy) is 1. The molecule has 1 aliphatic rings. The number of nitrogens with zero attached hydrogens (tertiary/aromatic N) is 1. The minimum Gasteiger partial charge on any atom is -0.367 e. The minimum atomic E-state index is -0.533. The molecule has 1 heterocycles. The summed E-state index contributed by atoms with van der Waals surface area (Å²) in [6, 6.07) is 3.82. The predicted molar refractivity (Wildman–Crippen MR) is 75.0 cm³/mol. The molecule has 19 heavy (non-hydrogen) atoms. The van der Waals surface area contributed by atoms with E-state index in [0.717, 1.165) is 31.2 Å². The summed E-state index contributed by atoms with van der Waals surface area (Å²) >= 11 is 0. The van der Waals surface area contributed by atoms with Crippen LogP contribution in [0, 0.1) is 0 Å². The van der Waals surface area contributed by atoms with Crippen LogP contribution in [0.3, 0.4) is 0 Å². The van der Waals surface area contributed by atoms with Crippen molar-refractivity contribution in [1.82, 2.24) is 4.98 Å². The molecule has 1 aromatic heterocycles. The van der Waals surface area contributed by atoms with Crippen molar-refractivity contribution in [2.45, 2.75) is 57.5 Å². The first-order valence-electron chi connectivity index (χ1n) is 7.33. The summed E-state index contributed by atoms with van der Waals surface area (Å²) in [5, 5.41) is 0. The highest BCUT2D eigenvalue weighted by molar-refractivity contribution is 5.89. The number of rotatable bonds is 5. The quantitative estimate of drug-likeness (QED) is 0.763. The van der Waals surface area contributed by atoms with Gasteiger partial charge in [-0.1, -0.05) is 25.7 Å². The first-order valence-corrected chi connectivity index (χ1v) is 7.33. The van der Waals surface area contributed by atoms with Gasteiger partial charge in [0.25, 0.3) is 0 Å². The van der Waals surface area contributed by atoms with Crippen LogP contribution in [0.5, 0.6) is 0 Å². The molecular weight excluding hydrogens is 238 g/mol. The lowest BCUT2D eigenvalue weighted by Gasteiger charge is -2.31. The molecule has 1 saturated carbocycles. The van der Waals surface area contributed by atoms with Gasteiger partial charge in [-0.3, -0.25) is 9.78 Å². The van der Waals surface area contributed by atoms with Crippen LogP contribution in [0.15, 0.2) is 24.5 Å². The van der Waals surface area contributed by atoms with Crippen molar-refractivity contribution in [3.8, 4) is 0 Å². The molecule has 1 fully saturated rings. The Hall–Kier alpha value is -1.22. The molecule has 0 spiro atoms. The van der Waals surface area contributed by atoms with Crippen LogP contribution in [0.2, 0.25) is 0 Å². The molecule has 0 atom stereocenters. The monoisotopic (exact) mass is 261 g/mol. The first-order chi connectivity index (χ1) is 9.27. The molecule has 1 aromatic rings. The molecule has 0 aromatic carbocycles. The smallest absolute Gasteiger partial charge is 0.168 e. The number of pyridine rings is 1. The highest BCUT2D eigenvalue weighted by Gasteiger charge is 2.38. The fourth-order valence-electron chi connectivity index (χ4n) is 2.93. The van der Waals surface area contributed by atoms with Gasteiger partial charge in [0.2, 0.25) is 0 Å². The van der Waals surface area contributed by atoms with E-state index in [0.29, 0.717) is 13.0 Å². The largest absolute Gasteiger partial charge is 0.367 e. The molecule has 104 valence electrons. The Labute approximate surface area is 115 Å². The second-order valence-electron chi connectivity index (χ2n) is 5.30. The van der Waals surface area contributed by atoms with Crippen LogP contribution in [-0.2, 0) is 16.0 Å². The van der Waals surface area contributed by atoms with Crippen LogP contribution in [0.1, 0.15) is 51.0 Å². The minimum absolute atomic E-state index is 0.238. The van der Waals surface area contributed by atoms with Crippen molar-refractivity contribution >= 4 is 5.78 Å². The van der Waals surface area contributed by atoms with Gasteiger partial charge in [-0.2, -0.15) is 0 Å². The Kier molecular flexibility index (Phi) is 5.08. The van der Waals surface area contributed by atoms with Crippen molar-refractivity contribution in [3.63, 3.8) is 0 Å². The summed E-state index contributed by atoms with van der Waals surface area (Å²) in [7, 11) is 0. The molecule has 0 N–H and O–H groups in total. The van der Waals surface area contributed by atoms with Gasteiger partial charge in [0.05, 0.1) is 0 Å². The van der Waals surface area contributed by atoms with Gasteiger partial charge in [-0.05, 0) is 37.5 Å². The highest BCUT2D eigenvalue weighted by atomic mass is 16.5. The number of hydrogen-bond acceptors (Lipinski definition) is 3. The van der Waals surface area contributed by atoms with Gasteiger partial charge in [0.1, 0.15) is 5.60 Å². The summed E-state index contributed by atoms with van der Waals surface area (Å²) in [4.78, 5) is 16.7. The number of carbonyl (C=O) groups excluding carboxylic acids is 1. The number of carbonyl (C=O) groups is 1. The molecule has 2 rings (SSSR count). The zero-order valence-corrected chi connectivity index (χ0v) is 11.7. The van der Waals surface area contributed by atoms with Crippen LogP contribution >= 0.6 is 0 Å². The van der Waals surface area contributed by atoms with Crippen LogP contribution in [0.25, 0.3) is 0 Å². The molecule has 1 aliphatic carbocycles. The van der Waals surface area contributed by atoms with Crippen molar-refractivity contribution in [2.24, 2.45) is 0 Å². The highest BCUT2D eigenvalue weighted by Crippen LogP contribution is 2.32. The van der Waals surface area contributed by atoms with Gasteiger partial charge < -0.3 is 4.74 Å². The van der Waals surface area contributed by atoms with E-state index in [9.17, 15) is 4.79 Å². The van der Waals surface area contributed by atoms with Gasteiger partial charge in [0, 0.05) is 25.4 Å². The normalized spacial score (nSPS) is 18.8. The fraction of sp³-hybridized carbons (Fsp3) is 0.625. The maximum atomic E-state index is 12.7. The maximum Gasteiger partial charge on any atom is 0.168 e. The molecule has 0 unspecified atom stereocenters. The lowest BCUT2D eigenvalue weighted by atomic mass is 9.86. The molecule has 0 amide bonds. The second kappa shape index (κ2) is 6.80. The molecule has 0 bridgehead atoms. The zero-order chi connectivity index (χ0) is 13.6. The lowest BCUT2D eigenvalue weighted by molar-refractivity contribution is -0.145. The van der Waals surface area contributed by atoms with Crippen molar-refractivity contribution in [3.05, 3.63) is 30.1 Å². The fourth-order valence-corrected chi connectivity index (χ4v) is 2.93. The standard InChI is InChI=1S/C16H23NO2/c1-2-19-16(9-5-3-4-6-10-16)15(18)13-14-7-11-17-12-8-14/h7-8,11-12H,2-6,9-10,13H2,1H3. The topological polar surface area (TPSA) is 39.2 Å². The van der Waals surface area contributed by atoms with Gasteiger partial charge in [-0.25, -0.2) is 0 Å². The third kappa shape index (κ3) is 3.63. The molecular formula is C16H23NO2. The Morgan fingerprint density at radius 2 is 1.84 bits per heavy atom. The first kappa shape index (κ1) is 14.2. The summed E-state index contributed by atoms with van der Waals surface area (Å²) in [6.45, 7) is 2.59. The molecule has 0 saturated heterocycles. The lowest BCUT2D eigenvalue weighted by Crippen LogP contribution is -2.42. The summed E-state index contributed by atoms with van der Waals surface area (Å²) < 4.78 is 5.92. The Morgan fingerprint density at radius 3 is 2.42 bits per heavy atom. The zero-order valence-electron chi connectivity index (χ0n) is 11.7. The van der Waals surface area contributed by atoms with E-state index < -0.39 is 5.60 Å². The van der Waals surface area contributed by atoms with E-state index in [2.05, 4.69) is 4.98 Å². The molecule has 0 aliphatic heterocycles. The summed E-state index contributed by atoms with van der Waals surface area (Å²) in [5.74, 6) is 0.238. The Bertz CT molecular complexity index is 394. The number of Topliss-reactive ketones (excluding diaryl/α,β-unsaturated/α-hetero) is 1.